The summed E-state index contributed by atoms with van der Waals surface area (Å²) >= 11 is 0. The fraction of sp³-hybridized carbons (Fsp3) is 0.500. The largest absolute Gasteiger partial charge is 0.331 e. The Hall–Kier alpha value is -1.84. The third-order valence-electron chi connectivity index (χ3n) is 5.21. The van der Waals surface area contributed by atoms with Gasteiger partial charge in [-0.05, 0) is 30.9 Å². The lowest BCUT2D eigenvalue weighted by Gasteiger charge is -2.50. The van der Waals surface area contributed by atoms with Crippen molar-refractivity contribution < 1.29 is 9.59 Å². The van der Waals surface area contributed by atoms with Gasteiger partial charge in [0.15, 0.2) is 0 Å². The van der Waals surface area contributed by atoms with Crippen molar-refractivity contribution in [3.8, 4) is 0 Å². The molecule has 1 aromatic carbocycles. The molecule has 2 fully saturated rings. The lowest BCUT2D eigenvalue weighted by molar-refractivity contribution is -0.159. The Kier molecular flexibility index (Phi) is 2.29. The van der Waals surface area contributed by atoms with Gasteiger partial charge in [0.25, 0.3) is 0 Å². The molecule has 104 valence electrons. The molecule has 0 aromatic heterocycles. The summed E-state index contributed by atoms with van der Waals surface area (Å²) in [5, 5.41) is 0. The van der Waals surface area contributed by atoms with Crippen molar-refractivity contribution in [1.29, 1.82) is 0 Å². The van der Waals surface area contributed by atoms with Gasteiger partial charge in [-0.25, -0.2) is 0 Å². The molecule has 4 nitrogen and oxygen atoms in total. The standard InChI is InChI=1S/C16H18N2O2/c1-16-8-6-14(19)18(16)10-13-12-5-3-2-4-11(12)7-9-17(13)15(16)20/h2-5,13H,6-10H2,1H3/t13-,16+/m1/s1. The van der Waals surface area contributed by atoms with Crippen molar-refractivity contribution in [2.75, 3.05) is 13.1 Å². The first kappa shape index (κ1) is 11.9. The van der Waals surface area contributed by atoms with Gasteiger partial charge in [-0.1, -0.05) is 24.3 Å². The normalized spacial score (nSPS) is 31.9. The smallest absolute Gasteiger partial charge is 0.248 e. The van der Waals surface area contributed by atoms with E-state index < -0.39 is 5.54 Å². The molecule has 0 spiro atoms. The zero-order valence-electron chi connectivity index (χ0n) is 11.6. The van der Waals surface area contributed by atoms with E-state index in [1.54, 1.807) is 0 Å². The quantitative estimate of drug-likeness (QED) is 0.717. The summed E-state index contributed by atoms with van der Waals surface area (Å²) in [4.78, 5) is 28.8. The molecule has 0 unspecified atom stereocenters. The molecule has 2 saturated heterocycles. The van der Waals surface area contributed by atoms with Crippen LogP contribution < -0.4 is 0 Å². The lowest BCUT2D eigenvalue weighted by Crippen LogP contribution is -2.64. The molecule has 0 radical (unpaired) electrons. The first-order valence-electron chi connectivity index (χ1n) is 7.30. The van der Waals surface area contributed by atoms with E-state index in [9.17, 15) is 9.59 Å². The molecule has 4 rings (SSSR count). The first-order valence-corrected chi connectivity index (χ1v) is 7.30. The maximum absolute atomic E-state index is 12.9. The highest BCUT2D eigenvalue weighted by atomic mass is 16.2. The van der Waals surface area contributed by atoms with Crippen LogP contribution in [0.4, 0.5) is 0 Å². The predicted molar refractivity (Wildman–Crippen MR) is 74.0 cm³/mol. The number of nitrogens with zero attached hydrogens (tertiary/aromatic N) is 2. The number of hydrogen-bond donors (Lipinski definition) is 0. The van der Waals surface area contributed by atoms with E-state index in [4.69, 9.17) is 0 Å². The molecule has 0 saturated carbocycles. The number of carbonyl (C=O) groups excluding carboxylic acids is 2. The molecule has 4 heteroatoms. The van der Waals surface area contributed by atoms with E-state index in [-0.39, 0.29) is 17.9 Å². The maximum Gasteiger partial charge on any atom is 0.248 e. The molecule has 3 aliphatic heterocycles. The first-order chi connectivity index (χ1) is 9.61. The van der Waals surface area contributed by atoms with Gasteiger partial charge in [0.1, 0.15) is 5.54 Å². The van der Waals surface area contributed by atoms with Crippen LogP contribution in [0.5, 0.6) is 0 Å². The van der Waals surface area contributed by atoms with E-state index in [1.807, 2.05) is 28.9 Å². The van der Waals surface area contributed by atoms with Crippen LogP contribution in [0, 0.1) is 0 Å². The second-order valence-electron chi connectivity index (χ2n) is 6.24. The second kappa shape index (κ2) is 3.84. The molecule has 0 N–H and O–H groups in total. The van der Waals surface area contributed by atoms with Crippen molar-refractivity contribution in [3.05, 3.63) is 35.4 Å². The Labute approximate surface area is 118 Å². The number of hydrogen-bond acceptors (Lipinski definition) is 2. The van der Waals surface area contributed by atoms with Crippen molar-refractivity contribution in [2.45, 2.75) is 37.8 Å². The van der Waals surface area contributed by atoms with E-state index in [2.05, 4.69) is 12.1 Å². The fourth-order valence-corrected chi connectivity index (χ4v) is 4.00. The maximum atomic E-state index is 12.9. The van der Waals surface area contributed by atoms with E-state index in [1.165, 1.54) is 11.1 Å². The highest BCUT2D eigenvalue weighted by Gasteiger charge is 2.55. The van der Waals surface area contributed by atoms with Crippen molar-refractivity contribution in [1.82, 2.24) is 9.80 Å². The Morgan fingerprint density at radius 2 is 2.00 bits per heavy atom. The molecular formula is C16H18N2O2. The molecule has 1 aromatic rings. The zero-order chi connectivity index (χ0) is 13.9. The minimum Gasteiger partial charge on any atom is -0.331 e. The van der Waals surface area contributed by atoms with Gasteiger partial charge < -0.3 is 9.80 Å². The number of rotatable bonds is 0. The van der Waals surface area contributed by atoms with E-state index >= 15 is 0 Å². The van der Waals surface area contributed by atoms with Crippen LogP contribution in [-0.2, 0) is 16.0 Å². The van der Waals surface area contributed by atoms with Gasteiger partial charge in [0.2, 0.25) is 11.8 Å². The van der Waals surface area contributed by atoms with Crippen molar-refractivity contribution in [3.63, 3.8) is 0 Å². The van der Waals surface area contributed by atoms with Gasteiger partial charge in [0, 0.05) is 19.5 Å². The minimum atomic E-state index is -0.597. The summed E-state index contributed by atoms with van der Waals surface area (Å²) in [7, 11) is 0. The van der Waals surface area contributed by atoms with Gasteiger partial charge in [-0.2, -0.15) is 0 Å². The second-order valence-corrected chi connectivity index (χ2v) is 6.24. The molecular weight excluding hydrogens is 252 g/mol. The van der Waals surface area contributed by atoms with Crippen molar-refractivity contribution in [2.24, 2.45) is 0 Å². The number of fused-ring (bicyclic) bond motifs is 4. The predicted octanol–water partition coefficient (Wildman–Crippen LogP) is 1.51. The van der Waals surface area contributed by atoms with E-state index in [0.717, 1.165) is 13.0 Å². The average molecular weight is 270 g/mol. The van der Waals surface area contributed by atoms with Gasteiger partial charge >= 0.3 is 0 Å². The Balaban J connectivity index is 1.80. The molecule has 3 heterocycles. The Morgan fingerprint density at radius 1 is 1.20 bits per heavy atom. The average Bonchev–Trinajstić information content (AvgIpc) is 2.77. The third kappa shape index (κ3) is 1.37. The van der Waals surface area contributed by atoms with Crippen LogP contribution in [0.2, 0.25) is 0 Å². The fourth-order valence-electron chi connectivity index (χ4n) is 4.00. The molecule has 0 bridgehead atoms. The summed E-state index contributed by atoms with van der Waals surface area (Å²) in [6.07, 6.45) is 2.09. The lowest BCUT2D eigenvalue weighted by atomic mass is 9.85. The number of amides is 2. The highest BCUT2D eigenvalue weighted by molar-refractivity contribution is 5.96. The summed E-state index contributed by atoms with van der Waals surface area (Å²) < 4.78 is 0. The van der Waals surface area contributed by atoms with Crippen LogP contribution >= 0.6 is 0 Å². The molecule has 0 aliphatic carbocycles. The summed E-state index contributed by atoms with van der Waals surface area (Å²) in [6.45, 7) is 3.35. The molecule has 2 amide bonds. The van der Waals surface area contributed by atoms with Crippen LogP contribution in [-0.4, -0.2) is 40.2 Å². The third-order valence-corrected chi connectivity index (χ3v) is 5.21. The summed E-state index contributed by atoms with van der Waals surface area (Å²) in [5.74, 6) is 0.262. The van der Waals surface area contributed by atoms with Crippen LogP contribution in [0.25, 0.3) is 0 Å². The minimum absolute atomic E-state index is 0.0441. The summed E-state index contributed by atoms with van der Waals surface area (Å²) in [5.41, 5.74) is 1.94. The van der Waals surface area contributed by atoms with Crippen molar-refractivity contribution >= 4 is 11.8 Å². The van der Waals surface area contributed by atoms with E-state index in [0.29, 0.717) is 19.4 Å². The topological polar surface area (TPSA) is 40.6 Å². The van der Waals surface area contributed by atoms with Crippen LogP contribution in [0.1, 0.15) is 36.9 Å². The monoisotopic (exact) mass is 270 g/mol. The molecule has 2 atom stereocenters. The van der Waals surface area contributed by atoms with Gasteiger partial charge in [-0.3, -0.25) is 9.59 Å². The number of piperazine rings is 1. The van der Waals surface area contributed by atoms with Crippen LogP contribution in [0.15, 0.2) is 24.3 Å². The van der Waals surface area contributed by atoms with Crippen LogP contribution in [0.3, 0.4) is 0 Å². The number of benzene rings is 1. The highest BCUT2D eigenvalue weighted by Crippen LogP contribution is 2.43. The zero-order valence-corrected chi connectivity index (χ0v) is 11.6. The molecule has 3 aliphatic rings. The summed E-state index contributed by atoms with van der Waals surface area (Å²) in [6, 6.07) is 8.35. The van der Waals surface area contributed by atoms with Gasteiger partial charge in [-0.15, -0.1) is 0 Å². The SMILES string of the molecule is C[C@@]12CCC(=O)N1C[C@@H]1c3ccccc3CCN1C2=O. The Bertz CT molecular complexity index is 612. The number of carbonyl (C=O) groups is 2. The Morgan fingerprint density at radius 3 is 2.85 bits per heavy atom. The van der Waals surface area contributed by atoms with Gasteiger partial charge in [0.05, 0.1) is 6.04 Å². The molecule has 20 heavy (non-hydrogen) atoms.